The van der Waals surface area contributed by atoms with Crippen molar-refractivity contribution in [3.05, 3.63) is 30.1 Å². The first-order valence-electron chi connectivity index (χ1n) is 3.79. The molecular weight excluding hydrogens is 166 g/mol. The third-order valence-electron chi connectivity index (χ3n) is 1.68. The molecule has 0 radical (unpaired) electrons. The van der Waals surface area contributed by atoms with Crippen molar-refractivity contribution in [1.82, 2.24) is 9.78 Å². The average molecular weight is 177 g/mol. The Bertz CT molecular complexity index is 363. The fourth-order valence-corrected chi connectivity index (χ4v) is 0.956. The number of primary amides is 1. The van der Waals surface area contributed by atoms with Gasteiger partial charge >= 0.3 is 0 Å². The number of nitrogens with two attached hydrogens (primary N) is 1. The molecule has 1 rings (SSSR count). The molecule has 0 saturated heterocycles. The highest BCUT2D eigenvalue weighted by molar-refractivity contribution is 5.90. The van der Waals surface area contributed by atoms with Crippen LogP contribution in [-0.2, 0) is 4.79 Å². The van der Waals surface area contributed by atoms with Gasteiger partial charge in [0.05, 0.1) is 6.20 Å². The number of hydrogen-bond donors (Lipinski definition) is 1. The summed E-state index contributed by atoms with van der Waals surface area (Å²) in [4.78, 5) is 10.4. The predicted molar refractivity (Wildman–Crippen MR) is 51.6 cm³/mol. The second-order valence-corrected chi connectivity index (χ2v) is 2.55. The third kappa shape index (κ3) is 2.05. The highest BCUT2D eigenvalue weighted by Gasteiger charge is 1.99. The van der Waals surface area contributed by atoms with Crippen LogP contribution in [0.1, 0.15) is 11.3 Å². The second-order valence-electron chi connectivity index (χ2n) is 2.55. The van der Waals surface area contributed by atoms with E-state index >= 15 is 0 Å². The summed E-state index contributed by atoms with van der Waals surface area (Å²) in [5.41, 5.74) is 6.74. The zero-order chi connectivity index (χ0) is 9.84. The minimum Gasteiger partial charge on any atom is -0.366 e. The van der Waals surface area contributed by atoms with Crippen molar-refractivity contribution in [1.29, 1.82) is 0 Å². The number of rotatable bonds is 3. The van der Waals surface area contributed by atoms with Crippen molar-refractivity contribution in [3.63, 3.8) is 0 Å². The van der Waals surface area contributed by atoms with Gasteiger partial charge in [0, 0.05) is 23.5 Å². The number of nitrogens with zero attached hydrogens (tertiary/aromatic N) is 2. The van der Waals surface area contributed by atoms with Crippen molar-refractivity contribution in [2.24, 2.45) is 5.73 Å². The summed E-state index contributed by atoms with van der Waals surface area (Å²) in [6.07, 6.45) is 6.18. The van der Waals surface area contributed by atoms with Gasteiger partial charge in [0.2, 0.25) is 5.91 Å². The number of amides is 1. The van der Waals surface area contributed by atoms with Gasteiger partial charge in [-0.15, -0.1) is 0 Å². The van der Waals surface area contributed by atoms with Crippen LogP contribution in [0.5, 0.6) is 0 Å². The van der Waals surface area contributed by atoms with E-state index in [9.17, 15) is 4.79 Å². The minimum absolute atomic E-state index is 0.467. The van der Waals surface area contributed by atoms with Crippen LogP contribution in [-0.4, -0.2) is 15.7 Å². The van der Waals surface area contributed by atoms with Crippen LogP contribution in [0, 0.1) is 6.92 Å². The van der Waals surface area contributed by atoms with Gasteiger partial charge in [0.25, 0.3) is 0 Å². The Kier molecular flexibility index (Phi) is 2.64. The Morgan fingerprint density at radius 1 is 1.77 bits per heavy atom. The quantitative estimate of drug-likeness (QED) is 0.694. The molecular formula is C9H11N3O. The molecule has 1 heterocycles. The lowest BCUT2D eigenvalue weighted by Crippen LogP contribution is -2.05. The Morgan fingerprint density at radius 2 is 2.46 bits per heavy atom. The summed E-state index contributed by atoms with van der Waals surface area (Å²) in [5, 5.41) is 4.01. The molecule has 0 aliphatic heterocycles. The maximum Gasteiger partial charge on any atom is 0.241 e. The fraction of sp³-hybridized carbons (Fsp3) is 0.111. The van der Waals surface area contributed by atoms with Gasteiger partial charge in [0.15, 0.2) is 0 Å². The molecule has 0 saturated carbocycles. The van der Waals surface area contributed by atoms with Crippen molar-refractivity contribution in [3.8, 4) is 0 Å². The molecule has 0 aromatic carbocycles. The molecule has 1 amide bonds. The summed E-state index contributed by atoms with van der Waals surface area (Å²) >= 11 is 0. The molecule has 0 spiro atoms. The maximum atomic E-state index is 10.4. The van der Waals surface area contributed by atoms with Gasteiger partial charge in [-0.3, -0.25) is 4.79 Å². The van der Waals surface area contributed by atoms with E-state index in [-0.39, 0.29) is 0 Å². The van der Waals surface area contributed by atoms with Gasteiger partial charge in [-0.05, 0) is 13.0 Å². The highest BCUT2D eigenvalue weighted by atomic mass is 16.1. The molecule has 0 aliphatic carbocycles. The number of carbonyl (C=O) groups is 1. The Labute approximate surface area is 76.4 Å². The average Bonchev–Trinajstić information content (AvgIpc) is 2.43. The first-order chi connectivity index (χ1) is 6.15. The highest BCUT2D eigenvalue weighted by Crippen LogP contribution is 2.08. The lowest BCUT2D eigenvalue weighted by atomic mass is 10.2. The molecule has 0 aliphatic rings. The normalized spacial score (nSPS) is 10.5. The van der Waals surface area contributed by atoms with E-state index in [1.807, 2.05) is 6.92 Å². The zero-order valence-electron chi connectivity index (χ0n) is 7.40. The van der Waals surface area contributed by atoms with Crippen LogP contribution in [0.2, 0.25) is 0 Å². The first kappa shape index (κ1) is 9.25. The molecule has 68 valence electrons. The number of aromatic nitrogens is 2. The predicted octanol–water partition coefficient (Wildman–Crippen LogP) is 0.791. The van der Waals surface area contributed by atoms with E-state index in [2.05, 4.69) is 11.7 Å². The van der Waals surface area contributed by atoms with Crippen LogP contribution >= 0.6 is 0 Å². The fourth-order valence-electron chi connectivity index (χ4n) is 0.956. The summed E-state index contributed by atoms with van der Waals surface area (Å²) in [7, 11) is 0. The third-order valence-corrected chi connectivity index (χ3v) is 1.68. The first-order valence-corrected chi connectivity index (χ1v) is 3.79. The zero-order valence-corrected chi connectivity index (χ0v) is 7.40. The van der Waals surface area contributed by atoms with Gasteiger partial charge < -0.3 is 5.73 Å². The molecule has 0 bridgehead atoms. The molecule has 0 fully saturated rings. The Balaban J connectivity index is 2.96. The SMILES string of the molecule is C=Cn1ncc(/C=C/C(N)=O)c1C. The van der Waals surface area contributed by atoms with Crippen LogP contribution in [0.4, 0.5) is 0 Å². The van der Waals surface area contributed by atoms with E-state index in [0.29, 0.717) is 0 Å². The molecule has 4 nitrogen and oxygen atoms in total. The van der Waals surface area contributed by atoms with E-state index in [0.717, 1.165) is 11.3 Å². The molecule has 0 unspecified atom stereocenters. The monoisotopic (exact) mass is 177 g/mol. The molecule has 1 aromatic heterocycles. The topological polar surface area (TPSA) is 60.9 Å². The molecule has 2 N–H and O–H groups in total. The van der Waals surface area contributed by atoms with Crippen molar-refractivity contribution < 1.29 is 4.79 Å². The maximum absolute atomic E-state index is 10.4. The summed E-state index contributed by atoms with van der Waals surface area (Å²) < 4.78 is 1.63. The van der Waals surface area contributed by atoms with Gasteiger partial charge in [-0.25, -0.2) is 4.68 Å². The summed E-state index contributed by atoms with van der Waals surface area (Å²) in [5.74, 6) is -0.467. The van der Waals surface area contributed by atoms with Crippen LogP contribution in [0.25, 0.3) is 12.3 Å². The van der Waals surface area contributed by atoms with E-state index in [1.54, 1.807) is 23.2 Å². The van der Waals surface area contributed by atoms with Crippen molar-refractivity contribution in [2.75, 3.05) is 0 Å². The minimum atomic E-state index is -0.467. The van der Waals surface area contributed by atoms with Gasteiger partial charge in [-0.1, -0.05) is 6.58 Å². The number of hydrogen-bond acceptors (Lipinski definition) is 2. The molecule has 4 heteroatoms. The van der Waals surface area contributed by atoms with Crippen molar-refractivity contribution >= 4 is 18.2 Å². The summed E-state index contributed by atoms with van der Waals surface area (Å²) in [6.45, 7) is 5.47. The Hall–Kier alpha value is -1.84. The molecule has 0 atom stereocenters. The second kappa shape index (κ2) is 3.71. The Morgan fingerprint density at radius 3 is 2.92 bits per heavy atom. The van der Waals surface area contributed by atoms with E-state index in [1.165, 1.54) is 6.08 Å². The van der Waals surface area contributed by atoms with Crippen LogP contribution < -0.4 is 5.73 Å². The lowest BCUT2D eigenvalue weighted by molar-refractivity contribution is -0.113. The molecule has 13 heavy (non-hydrogen) atoms. The summed E-state index contributed by atoms with van der Waals surface area (Å²) in [6, 6.07) is 0. The largest absolute Gasteiger partial charge is 0.366 e. The smallest absolute Gasteiger partial charge is 0.241 e. The van der Waals surface area contributed by atoms with Gasteiger partial charge in [0.1, 0.15) is 0 Å². The van der Waals surface area contributed by atoms with Crippen LogP contribution in [0.3, 0.4) is 0 Å². The van der Waals surface area contributed by atoms with Crippen LogP contribution in [0.15, 0.2) is 18.9 Å². The standard InChI is InChI=1S/C9H11N3O/c1-3-12-7(2)8(6-11-12)4-5-9(10)13/h3-6H,1H2,2H3,(H2,10,13)/b5-4+. The molecule has 1 aromatic rings. The van der Waals surface area contributed by atoms with E-state index in [4.69, 9.17) is 5.73 Å². The number of carbonyl (C=O) groups excluding carboxylic acids is 1. The van der Waals surface area contributed by atoms with E-state index < -0.39 is 5.91 Å². The van der Waals surface area contributed by atoms with Gasteiger partial charge in [-0.2, -0.15) is 5.10 Å². The van der Waals surface area contributed by atoms with Crippen molar-refractivity contribution in [2.45, 2.75) is 6.92 Å². The lowest BCUT2D eigenvalue weighted by Gasteiger charge is -1.94.